The third-order valence-electron chi connectivity index (χ3n) is 2.54. The van der Waals surface area contributed by atoms with Crippen LogP contribution in [0.3, 0.4) is 0 Å². The highest BCUT2D eigenvalue weighted by atomic mass is 35.5. The fourth-order valence-electron chi connectivity index (χ4n) is 1.68. The molecule has 0 radical (unpaired) electrons. The van der Waals surface area contributed by atoms with Crippen molar-refractivity contribution in [2.75, 3.05) is 5.75 Å². The number of aromatic nitrogens is 3. The van der Waals surface area contributed by atoms with Crippen molar-refractivity contribution in [2.24, 2.45) is 0 Å². The van der Waals surface area contributed by atoms with E-state index in [2.05, 4.69) is 16.7 Å². The Hall–Kier alpha value is -0.680. The van der Waals surface area contributed by atoms with Gasteiger partial charge in [-0.3, -0.25) is 4.68 Å². The van der Waals surface area contributed by atoms with Gasteiger partial charge in [-0.2, -0.15) is 5.10 Å². The van der Waals surface area contributed by atoms with Crippen LogP contribution in [0.15, 0.2) is 43.5 Å². The van der Waals surface area contributed by atoms with Crippen LogP contribution in [0.4, 0.5) is 0 Å². The average molecular weight is 351 g/mol. The van der Waals surface area contributed by atoms with E-state index in [0.29, 0.717) is 16.6 Å². The molecule has 0 N–H and O–H groups in total. The minimum Gasteiger partial charge on any atom is -0.252 e. The maximum absolute atomic E-state index is 6.27. The SMILES string of the molecule is C=CCSC(Cn1cncn1)c1ccc(Cl)cc1Cl.Cl. The molecule has 0 aliphatic heterocycles. The molecule has 1 atom stereocenters. The fraction of sp³-hybridized carbons (Fsp3) is 0.231. The van der Waals surface area contributed by atoms with Gasteiger partial charge in [-0.25, -0.2) is 4.98 Å². The van der Waals surface area contributed by atoms with Crippen molar-refractivity contribution in [3.05, 3.63) is 59.1 Å². The van der Waals surface area contributed by atoms with Gasteiger partial charge < -0.3 is 0 Å². The molecule has 1 aromatic heterocycles. The monoisotopic (exact) mass is 349 g/mol. The van der Waals surface area contributed by atoms with Crippen LogP contribution in [0.25, 0.3) is 0 Å². The molecule has 0 fully saturated rings. The lowest BCUT2D eigenvalue weighted by molar-refractivity contribution is 0.605. The highest BCUT2D eigenvalue weighted by Crippen LogP contribution is 2.36. The minimum atomic E-state index is 0. The highest BCUT2D eigenvalue weighted by molar-refractivity contribution is 7.99. The molecule has 7 heteroatoms. The van der Waals surface area contributed by atoms with E-state index >= 15 is 0 Å². The maximum Gasteiger partial charge on any atom is 0.137 e. The first kappa shape index (κ1) is 17.4. The summed E-state index contributed by atoms with van der Waals surface area (Å²) in [6, 6.07) is 5.58. The van der Waals surface area contributed by atoms with Crippen LogP contribution in [0.5, 0.6) is 0 Å². The summed E-state index contributed by atoms with van der Waals surface area (Å²) in [5.41, 5.74) is 1.05. The molecular weight excluding hydrogens is 337 g/mol. The van der Waals surface area contributed by atoms with Gasteiger partial charge >= 0.3 is 0 Å². The molecule has 0 bridgehead atoms. The Balaban J connectivity index is 0.00000200. The normalized spacial score (nSPS) is 11.7. The van der Waals surface area contributed by atoms with E-state index < -0.39 is 0 Å². The van der Waals surface area contributed by atoms with Crippen LogP contribution in [0, 0.1) is 0 Å². The Labute approximate surface area is 138 Å². The zero-order valence-corrected chi connectivity index (χ0v) is 13.7. The predicted molar refractivity (Wildman–Crippen MR) is 89.1 cm³/mol. The molecule has 0 aliphatic carbocycles. The van der Waals surface area contributed by atoms with E-state index in [1.54, 1.807) is 28.8 Å². The quantitative estimate of drug-likeness (QED) is 0.709. The average Bonchev–Trinajstić information content (AvgIpc) is 2.88. The van der Waals surface area contributed by atoms with Gasteiger partial charge in [-0.1, -0.05) is 35.3 Å². The number of hydrogen-bond acceptors (Lipinski definition) is 3. The zero-order valence-electron chi connectivity index (χ0n) is 10.6. The molecule has 0 amide bonds. The van der Waals surface area contributed by atoms with E-state index in [4.69, 9.17) is 23.2 Å². The number of nitrogens with zero attached hydrogens (tertiary/aromatic N) is 3. The molecule has 2 rings (SSSR count). The number of rotatable bonds is 6. The highest BCUT2D eigenvalue weighted by Gasteiger charge is 2.16. The summed E-state index contributed by atoms with van der Waals surface area (Å²) in [5, 5.41) is 5.63. The number of hydrogen-bond donors (Lipinski definition) is 0. The first-order valence-electron chi connectivity index (χ1n) is 5.70. The third kappa shape index (κ3) is 4.70. The Morgan fingerprint density at radius 2 is 2.20 bits per heavy atom. The van der Waals surface area contributed by atoms with Gasteiger partial charge in [0.05, 0.1) is 11.8 Å². The van der Waals surface area contributed by atoms with Gasteiger partial charge in [0.1, 0.15) is 12.7 Å². The van der Waals surface area contributed by atoms with Crippen LogP contribution < -0.4 is 0 Å². The summed E-state index contributed by atoms with van der Waals surface area (Å²) >= 11 is 14.0. The van der Waals surface area contributed by atoms with Crippen molar-refractivity contribution in [1.29, 1.82) is 0 Å². The molecule has 2 aromatic rings. The second kappa shape index (κ2) is 8.57. The van der Waals surface area contributed by atoms with E-state index in [-0.39, 0.29) is 17.7 Å². The van der Waals surface area contributed by atoms with Crippen molar-refractivity contribution in [3.8, 4) is 0 Å². The molecule has 20 heavy (non-hydrogen) atoms. The van der Waals surface area contributed by atoms with Gasteiger partial charge in [-0.05, 0) is 17.7 Å². The topological polar surface area (TPSA) is 30.7 Å². The summed E-state index contributed by atoms with van der Waals surface area (Å²) < 4.78 is 1.80. The number of halogens is 3. The largest absolute Gasteiger partial charge is 0.252 e. The van der Waals surface area contributed by atoms with E-state index in [1.807, 2.05) is 18.2 Å². The lowest BCUT2D eigenvalue weighted by atomic mass is 10.1. The molecule has 1 aromatic carbocycles. The summed E-state index contributed by atoms with van der Waals surface area (Å²) in [6.07, 6.45) is 5.10. The lowest BCUT2D eigenvalue weighted by Gasteiger charge is -2.17. The van der Waals surface area contributed by atoms with Crippen LogP contribution in [-0.2, 0) is 6.54 Å². The molecule has 108 valence electrons. The molecule has 0 saturated carbocycles. The zero-order chi connectivity index (χ0) is 13.7. The van der Waals surface area contributed by atoms with Crippen LogP contribution in [0.1, 0.15) is 10.8 Å². The van der Waals surface area contributed by atoms with Crippen molar-refractivity contribution in [2.45, 2.75) is 11.8 Å². The number of thioether (sulfide) groups is 1. The van der Waals surface area contributed by atoms with Crippen LogP contribution >= 0.6 is 47.4 Å². The van der Waals surface area contributed by atoms with Crippen molar-refractivity contribution >= 4 is 47.4 Å². The van der Waals surface area contributed by atoms with Gasteiger partial charge in [-0.15, -0.1) is 30.7 Å². The third-order valence-corrected chi connectivity index (χ3v) is 4.34. The second-order valence-corrected chi connectivity index (χ2v) is 5.97. The van der Waals surface area contributed by atoms with E-state index in [9.17, 15) is 0 Å². The summed E-state index contributed by atoms with van der Waals surface area (Å²) in [4.78, 5) is 3.95. The Kier molecular flexibility index (Phi) is 7.45. The molecular formula is C13H14Cl3N3S. The van der Waals surface area contributed by atoms with E-state index in [1.165, 1.54) is 6.33 Å². The summed E-state index contributed by atoms with van der Waals surface area (Å²) in [7, 11) is 0. The Morgan fingerprint density at radius 3 is 2.80 bits per heavy atom. The molecule has 3 nitrogen and oxygen atoms in total. The summed E-state index contributed by atoms with van der Waals surface area (Å²) in [5.74, 6) is 0.846. The minimum absolute atomic E-state index is 0. The predicted octanol–water partition coefficient (Wildman–Crippen LogP) is 4.67. The summed E-state index contributed by atoms with van der Waals surface area (Å²) in [6.45, 7) is 4.46. The van der Waals surface area contributed by atoms with Crippen LogP contribution in [0.2, 0.25) is 10.0 Å². The van der Waals surface area contributed by atoms with Gasteiger partial charge in [0, 0.05) is 15.8 Å². The lowest BCUT2D eigenvalue weighted by Crippen LogP contribution is -2.08. The molecule has 1 unspecified atom stereocenters. The Morgan fingerprint density at radius 1 is 1.40 bits per heavy atom. The fourth-order valence-corrected chi connectivity index (χ4v) is 3.30. The van der Waals surface area contributed by atoms with Gasteiger partial charge in [0.2, 0.25) is 0 Å². The van der Waals surface area contributed by atoms with Gasteiger partial charge in [0.15, 0.2) is 0 Å². The van der Waals surface area contributed by atoms with Gasteiger partial charge in [0.25, 0.3) is 0 Å². The Bertz CT molecular complexity index is 546. The first-order valence-corrected chi connectivity index (χ1v) is 7.51. The molecule has 1 heterocycles. The van der Waals surface area contributed by atoms with Crippen molar-refractivity contribution < 1.29 is 0 Å². The van der Waals surface area contributed by atoms with Crippen LogP contribution in [-0.4, -0.2) is 20.5 Å². The second-order valence-electron chi connectivity index (χ2n) is 3.89. The van der Waals surface area contributed by atoms with Crippen molar-refractivity contribution in [1.82, 2.24) is 14.8 Å². The standard InChI is InChI=1S/C13H13Cl2N3S.ClH/c1-2-5-19-13(7-18-9-16-8-17-18)11-4-3-10(14)6-12(11)15;/h2-4,6,8-9,13H,1,5,7H2;1H. The smallest absolute Gasteiger partial charge is 0.137 e. The van der Waals surface area contributed by atoms with E-state index in [0.717, 1.165) is 11.3 Å². The first-order chi connectivity index (χ1) is 9.20. The molecule has 0 aliphatic rings. The van der Waals surface area contributed by atoms with Crippen molar-refractivity contribution in [3.63, 3.8) is 0 Å². The maximum atomic E-state index is 6.27. The molecule has 0 saturated heterocycles. The number of benzene rings is 1. The molecule has 0 spiro atoms.